The van der Waals surface area contributed by atoms with Crippen LogP contribution in [0.5, 0.6) is 0 Å². The molecule has 2 aromatic rings. The summed E-state index contributed by atoms with van der Waals surface area (Å²) in [6.07, 6.45) is 0. The molecule has 4 heteroatoms. The third kappa shape index (κ3) is 3.43. The van der Waals surface area contributed by atoms with Gasteiger partial charge < -0.3 is 15.7 Å². The van der Waals surface area contributed by atoms with Crippen molar-refractivity contribution in [2.45, 2.75) is 19.4 Å². The van der Waals surface area contributed by atoms with Gasteiger partial charge in [0.2, 0.25) is 0 Å². The first kappa shape index (κ1) is 13.8. The van der Waals surface area contributed by atoms with Crippen molar-refractivity contribution in [2.75, 3.05) is 11.9 Å². The second-order valence-electron chi connectivity index (χ2n) is 5.15. The summed E-state index contributed by atoms with van der Waals surface area (Å²) in [5, 5.41) is 18.3. The minimum Gasteiger partial charge on any atom is -0.394 e. The normalized spacial score (nSPS) is 11.3. The lowest BCUT2D eigenvalue weighted by atomic mass is 10.1. The molecule has 100 valence electrons. The summed E-state index contributed by atoms with van der Waals surface area (Å²) in [6, 6.07) is 14.2. The first-order chi connectivity index (χ1) is 9.02. The average Bonchev–Trinajstić information content (AvgIpc) is 2.38. The lowest BCUT2D eigenvalue weighted by Crippen LogP contribution is -2.48. The van der Waals surface area contributed by atoms with Crippen molar-refractivity contribution in [3.05, 3.63) is 42.5 Å². The number of aliphatic hydroxyl groups is 1. The van der Waals surface area contributed by atoms with Gasteiger partial charge in [0.15, 0.2) is 5.11 Å². The number of hydrogen-bond donors (Lipinski definition) is 3. The van der Waals surface area contributed by atoms with Crippen LogP contribution in [0.25, 0.3) is 10.8 Å². The third-order valence-electron chi connectivity index (χ3n) is 2.89. The lowest BCUT2D eigenvalue weighted by Gasteiger charge is -2.25. The van der Waals surface area contributed by atoms with E-state index in [0.29, 0.717) is 5.11 Å². The smallest absolute Gasteiger partial charge is 0.171 e. The maximum absolute atomic E-state index is 9.23. The van der Waals surface area contributed by atoms with Gasteiger partial charge in [0.1, 0.15) is 0 Å². The molecular weight excluding hydrogens is 256 g/mol. The van der Waals surface area contributed by atoms with Crippen LogP contribution in [-0.4, -0.2) is 22.4 Å². The van der Waals surface area contributed by atoms with Crippen LogP contribution in [0.3, 0.4) is 0 Å². The van der Waals surface area contributed by atoms with Crippen LogP contribution in [0.15, 0.2) is 42.5 Å². The fraction of sp³-hybridized carbons (Fsp3) is 0.267. The molecule has 0 spiro atoms. The second kappa shape index (κ2) is 5.55. The molecule has 0 saturated carbocycles. The van der Waals surface area contributed by atoms with Crippen LogP contribution < -0.4 is 10.6 Å². The maximum atomic E-state index is 9.23. The molecule has 0 saturated heterocycles. The highest BCUT2D eigenvalue weighted by Crippen LogP contribution is 2.22. The van der Waals surface area contributed by atoms with Crippen molar-refractivity contribution in [3.8, 4) is 0 Å². The highest BCUT2D eigenvalue weighted by atomic mass is 32.1. The molecular formula is C15H18N2OS. The Morgan fingerprint density at radius 1 is 1.16 bits per heavy atom. The minimum absolute atomic E-state index is 0.0182. The predicted octanol–water partition coefficient (Wildman–Crippen LogP) is 2.90. The first-order valence-corrected chi connectivity index (χ1v) is 6.60. The van der Waals surface area contributed by atoms with E-state index in [2.05, 4.69) is 28.8 Å². The zero-order valence-corrected chi connectivity index (χ0v) is 11.9. The van der Waals surface area contributed by atoms with E-state index >= 15 is 0 Å². The summed E-state index contributed by atoms with van der Waals surface area (Å²) in [6.45, 7) is 3.80. The molecule has 0 amide bonds. The van der Waals surface area contributed by atoms with Crippen molar-refractivity contribution in [2.24, 2.45) is 0 Å². The predicted molar refractivity (Wildman–Crippen MR) is 84.5 cm³/mol. The Balaban J connectivity index is 2.20. The molecule has 19 heavy (non-hydrogen) atoms. The standard InChI is InChI=1S/C15H18N2OS/c1-15(2,10-18)17-14(19)16-13-9-5-7-11-6-3-4-8-12(11)13/h3-9,18H,10H2,1-2H3,(H2,16,17,19). The van der Waals surface area contributed by atoms with E-state index in [9.17, 15) is 5.11 Å². The zero-order chi connectivity index (χ0) is 13.9. The van der Waals surface area contributed by atoms with Crippen molar-refractivity contribution in [1.82, 2.24) is 5.32 Å². The molecule has 0 aromatic heterocycles. The molecule has 3 nitrogen and oxygen atoms in total. The van der Waals surface area contributed by atoms with Crippen molar-refractivity contribution < 1.29 is 5.11 Å². The van der Waals surface area contributed by atoms with E-state index in [1.807, 2.05) is 38.1 Å². The Kier molecular flexibility index (Phi) is 4.02. The fourth-order valence-corrected chi connectivity index (χ4v) is 2.22. The van der Waals surface area contributed by atoms with Gasteiger partial charge in [-0.1, -0.05) is 36.4 Å². The van der Waals surface area contributed by atoms with Gasteiger partial charge >= 0.3 is 0 Å². The van der Waals surface area contributed by atoms with Gasteiger partial charge in [0, 0.05) is 11.1 Å². The van der Waals surface area contributed by atoms with E-state index in [0.717, 1.165) is 16.5 Å². The van der Waals surface area contributed by atoms with Gasteiger partial charge in [-0.2, -0.15) is 0 Å². The number of aliphatic hydroxyl groups excluding tert-OH is 1. The number of benzene rings is 2. The van der Waals surface area contributed by atoms with E-state index < -0.39 is 5.54 Å². The minimum atomic E-state index is -0.436. The molecule has 0 bridgehead atoms. The van der Waals surface area contributed by atoms with Crippen molar-refractivity contribution >= 4 is 33.8 Å². The molecule has 0 atom stereocenters. The number of hydrogen-bond acceptors (Lipinski definition) is 2. The zero-order valence-electron chi connectivity index (χ0n) is 11.1. The van der Waals surface area contributed by atoms with Crippen LogP contribution in [0.2, 0.25) is 0 Å². The molecule has 2 aromatic carbocycles. The van der Waals surface area contributed by atoms with E-state index in [1.165, 1.54) is 0 Å². The SMILES string of the molecule is CC(C)(CO)NC(=S)Nc1cccc2ccccc12. The summed E-state index contributed by atoms with van der Waals surface area (Å²) in [7, 11) is 0. The fourth-order valence-electron chi connectivity index (χ4n) is 1.83. The van der Waals surface area contributed by atoms with Crippen LogP contribution in [0.4, 0.5) is 5.69 Å². The van der Waals surface area contributed by atoms with Gasteiger partial charge in [-0.05, 0) is 37.5 Å². The van der Waals surface area contributed by atoms with Crippen LogP contribution in [-0.2, 0) is 0 Å². The summed E-state index contributed by atoms with van der Waals surface area (Å²) in [5.41, 5.74) is 0.527. The third-order valence-corrected chi connectivity index (χ3v) is 3.09. The topological polar surface area (TPSA) is 44.3 Å². The quantitative estimate of drug-likeness (QED) is 0.753. The van der Waals surface area contributed by atoms with Crippen LogP contribution >= 0.6 is 12.2 Å². The van der Waals surface area contributed by atoms with Gasteiger partial charge in [-0.25, -0.2) is 0 Å². The molecule has 0 unspecified atom stereocenters. The molecule has 0 fully saturated rings. The number of rotatable bonds is 3. The molecule has 0 aliphatic heterocycles. The molecule has 2 rings (SSSR count). The molecule has 0 heterocycles. The Morgan fingerprint density at radius 2 is 1.84 bits per heavy atom. The largest absolute Gasteiger partial charge is 0.394 e. The van der Waals surface area contributed by atoms with Gasteiger partial charge in [-0.15, -0.1) is 0 Å². The average molecular weight is 274 g/mol. The van der Waals surface area contributed by atoms with Crippen LogP contribution in [0.1, 0.15) is 13.8 Å². The van der Waals surface area contributed by atoms with Gasteiger partial charge in [0.05, 0.1) is 12.1 Å². The van der Waals surface area contributed by atoms with E-state index in [1.54, 1.807) is 0 Å². The number of thiocarbonyl (C=S) groups is 1. The van der Waals surface area contributed by atoms with Gasteiger partial charge in [0.25, 0.3) is 0 Å². The Bertz CT molecular complexity index is 590. The van der Waals surface area contributed by atoms with Crippen molar-refractivity contribution in [1.29, 1.82) is 0 Å². The molecule has 3 N–H and O–H groups in total. The van der Waals surface area contributed by atoms with E-state index in [-0.39, 0.29) is 6.61 Å². The van der Waals surface area contributed by atoms with Crippen molar-refractivity contribution in [3.63, 3.8) is 0 Å². The number of fused-ring (bicyclic) bond motifs is 1. The Hall–Kier alpha value is -1.65. The highest BCUT2D eigenvalue weighted by molar-refractivity contribution is 7.80. The number of nitrogens with one attached hydrogen (secondary N) is 2. The second-order valence-corrected chi connectivity index (χ2v) is 5.56. The Labute approximate surface area is 118 Å². The summed E-state index contributed by atoms with van der Waals surface area (Å²) in [5.74, 6) is 0. The van der Waals surface area contributed by atoms with Gasteiger partial charge in [-0.3, -0.25) is 0 Å². The summed E-state index contributed by atoms with van der Waals surface area (Å²) in [4.78, 5) is 0. The maximum Gasteiger partial charge on any atom is 0.171 e. The molecule has 0 aliphatic carbocycles. The highest BCUT2D eigenvalue weighted by Gasteiger charge is 2.17. The van der Waals surface area contributed by atoms with E-state index in [4.69, 9.17) is 12.2 Å². The monoisotopic (exact) mass is 274 g/mol. The summed E-state index contributed by atoms with van der Waals surface area (Å²) >= 11 is 5.28. The van der Waals surface area contributed by atoms with Crippen LogP contribution in [0, 0.1) is 0 Å². The molecule has 0 radical (unpaired) electrons. The Morgan fingerprint density at radius 3 is 2.58 bits per heavy atom. The number of anilines is 1. The summed E-state index contributed by atoms with van der Waals surface area (Å²) < 4.78 is 0. The first-order valence-electron chi connectivity index (χ1n) is 6.20. The molecule has 0 aliphatic rings. The lowest BCUT2D eigenvalue weighted by molar-refractivity contribution is 0.207.